The molecule has 0 atom stereocenters. The number of pyridine rings is 1. The van der Waals surface area contributed by atoms with E-state index in [-0.39, 0.29) is 0 Å². The summed E-state index contributed by atoms with van der Waals surface area (Å²) >= 11 is 0. The van der Waals surface area contributed by atoms with Crippen LogP contribution in [-0.2, 0) is 7.05 Å². The minimum atomic E-state index is 1.18. The van der Waals surface area contributed by atoms with Crippen LogP contribution in [0.25, 0.3) is 27.5 Å². The zero-order valence-electron chi connectivity index (χ0n) is 11.3. The summed E-state index contributed by atoms with van der Waals surface area (Å²) in [4.78, 5) is 0. The Kier molecular flexibility index (Phi) is 2.36. The highest BCUT2D eigenvalue weighted by Crippen LogP contribution is 2.26. The Morgan fingerprint density at radius 2 is 1.45 bits per heavy atom. The summed E-state index contributed by atoms with van der Waals surface area (Å²) in [6.07, 6.45) is 4.33. The normalized spacial score (nSPS) is 11.2. The molecule has 96 valence electrons. The Hall–Kier alpha value is -2.61. The van der Waals surface area contributed by atoms with Crippen LogP contribution in [0.5, 0.6) is 0 Å². The van der Waals surface area contributed by atoms with Crippen LogP contribution in [-0.4, -0.2) is 4.57 Å². The van der Waals surface area contributed by atoms with Crippen LogP contribution >= 0.6 is 0 Å². The number of aryl methyl sites for hydroxylation is 1. The lowest BCUT2D eigenvalue weighted by molar-refractivity contribution is -0.594. The topological polar surface area (TPSA) is 8.81 Å². The van der Waals surface area contributed by atoms with Crippen LogP contribution in [0.15, 0.2) is 73.1 Å². The number of para-hydroxylation sites is 2. The van der Waals surface area contributed by atoms with Crippen LogP contribution < -0.4 is 4.57 Å². The third kappa shape index (κ3) is 1.55. The van der Waals surface area contributed by atoms with Crippen molar-refractivity contribution in [2.24, 2.45) is 7.05 Å². The van der Waals surface area contributed by atoms with E-state index in [0.717, 1.165) is 0 Å². The lowest BCUT2D eigenvalue weighted by Gasteiger charge is -1.98. The first-order valence-electron chi connectivity index (χ1n) is 6.78. The molecule has 2 heterocycles. The van der Waals surface area contributed by atoms with Gasteiger partial charge in [-0.25, -0.2) is 0 Å². The number of nitrogens with zero attached hydrogens (tertiary/aromatic N) is 2. The average molecular weight is 259 g/mol. The fourth-order valence-electron chi connectivity index (χ4n) is 2.86. The highest BCUT2D eigenvalue weighted by molar-refractivity contribution is 6.07. The summed E-state index contributed by atoms with van der Waals surface area (Å²) in [5, 5.41) is 2.61. The first-order chi connectivity index (χ1) is 9.84. The van der Waals surface area contributed by atoms with Gasteiger partial charge in [0.25, 0.3) is 0 Å². The van der Waals surface area contributed by atoms with E-state index in [1.54, 1.807) is 0 Å². The van der Waals surface area contributed by atoms with Gasteiger partial charge >= 0.3 is 0 Å². The molecule has 0 unspecified atom stereocenters. The second-order valence-electron chi connectivity index (χ2n) is 5.06. The first kappa shape index (κ1) is 11.2. The number of fused-ring (bicyclic) bond motifs is 3. The van der Waals surface area contributed by atoms with Gasteiger partial charge in [0, 0.05) is 41.5 Å². The fourth-order valence-corrected chi connectivity index (χ4v) is 2.86. The zero-order chi connectivity index (χ0) is 13.5. The van der Waals surface area contributed by atoms with Crippen molar-refractivity contribution in [1.29, 1.82) is 0 Å². The van der Waals surface area contributed by atoms with Gasteiger partial charge < -0.3 is 4.57 Å². The van der Waals surface area contributed by atoms with Crippen molar-refractivity contribution in [2.45, 2.75) is 0 Å². The molecular weight excluding hydrogens is 244 g/mol. The molecule has 0 bridgehead atoms. The van der Waals surface area contributed by atoms with Crippen molar-refractivity contribution >= 4 is 21.8 Å². The molecule has 2 aromatic heterocycles. The van der Waals surface area contributed by atoms with E-state index >= 15 is 0 Å². The van der Waals surface area contributed by atoms with Gasteiger partial charge in [0.2, 0.25) is 5.69 Å². The molecule has 2 heteroatoms. The molecule has 0 saturated heterocycles. The number of benzene rings is 2. The maximum atomic E-state index is 2.25. The molecule has 0 aliphatic rings. The lowest BCUT2D eigenvalue weighted by Crippen LogP contribution is -2.29. The summed E-state index contributed by atoms with van der Waals surface area (Å²) in [6, 6.07) is 21.1. The molecule has 0 spiro atoms. The summed E-state index contributed by atoms with van der Waals surface area (Å²) in [5.41, 5.74) is 3.70. The van der Waals surface area contributed by atoms with Crippen molar-refractivity contribution in [3.05, 3.63) is 73.1 Å². The van der Waals surface area contributed by atoms with Gasteiger partial charge in [0.15, 0.2) is 12.4 Å². The second kappa shape index (κ2) is 4.20. The maximum absolute atomic E-state index is 2.25. The Morgan fingerprint density at radius 3 is 2.30 bits per heavy atom. The monoisotopic (exact) mass is 259 g/mol. The Labute approximate surface area is 117 Å². The van der Waals surface area contributed by atoms with Crippen molar-refractivity contribution in [1.82, 2.24) is 4.57 Å². The summed E-state index contributed by atoms with van der Waals surface area (Å²) in [5.74, 6) is 0. The summed E-state index contributed by atoms with van der Waals surface area (Å²) < 4.78 is 4.42. The lowest BCUT2D eigenvalue weighted by atomic mass is 10.2. The molecule has 0 aliphatic heterocycles. The number of hydrogen-bond donors (Lipinski definition) is 0. The number of rotatable bonds is 1. The molecule has 2 aromatic carbocycles. The van der Waals surface area contributed by atoms with Gasteiger partial charge in [-0.1, -0.05) is 36.4 Å². The predicted molar refractivity (Wildman–Crippen MR) is 82.0 cm³/mol. The van der Waals surface area contributed by atoms with E-state index in [4.69, 9.17) is 0 Å². The van der Waals surface area contributed by atoms with Crippen molar-refractivity contribution < 1.29 is 4.57 Å². The van der Waals surface area contributed by atoms with Crippen LogP contribution in [0, 0.1) is 0 Å². The van der Waals surface area contributed by atoms with E-state index in [9.17, 15) is 0 Å². The standard InChI is InChI=1S/C18H15N2/c1-19-17-10-6-5-9-15(17)16-11-12-20(13-18(16)19)14-7-3-2-4-8-14/h2-13H,1H3/q+1. The predicted octanol–water partition coefficient (Wildman–Crippen LogP) is 3.61. The van der Waals surface area contributed by atoms with Crippen LogP contribution in [0.3, 0.4) is 0 Å². The van der Waals surface area contributed by atoms with Crippen LogP contribution in [0.1, 0.15) is 0 Å². The van der Waals surface area contributed by atoms with E-state index in [2.05, 4.69) is 83.2 Å². The molecule has 20 heavy (non-hydrogen) atoms. The molecule has 0 aliphatic carbocycles. The van der Waals surface area contributed by atoms with Crippen LogP contribution in [0.2, 0.25) is 0 Å². The molecular formula is C18H15N2+. The molecule has 0 N–H and O–H groups in total. The third-order valence-corrected chi connectivity index (χ3v) is 3.91. The van der Waals surface area contributed by atoms with Crippen molar-refractivity contribution in [3.63, 3.8) is 0 Å². The van der Waals surface area contributed by atoms with Crippen molar-refractivity contribution in [3.8, 4) is 5.69 Å². The van der Waals surface area contributed by atoms with Gasteiger partial charge in [-0.3, -0.25) is 0 Å². The first-order valence-corrected chi connectivity index (χ1v) is 6.78. The summed E-state index contributed by atoms with van der Waals surface area (Å²) in [7, 11) is 2.12. The SMILES string of the molecule is Cn1c2ccccc2c2cc[n+](-c3ccccc3)cc21. The Balaban J connectivity index is 2.05. The van der Waals surface area contributed by atoms with Gasteiger partial charge in [-0.05, 0) is 6.07 Å². The highest BCUT2D eigenvalue weighted by atomic mass is 15.0. The van der Waals surface area contributed by atoms with Gasteiger partial charge in [-0.15, -0.1) is 0 Å². The Morgan fingerprint density at radius 1 is 0.750 bits per heavy atom. The van der Waals surface area contributed by atoms with Gasteiger partial charge in [0.05, 0.1) is 0 Å². The molecule has 4 aromatic rings. The second-order valence-corrected chi connectivity index (χ2v) is 5.06. The molecule has 0 amide bonds. The molecule has 0 saturated carbocycles. The van der Waals surface area contributed by atoms with Crippen molar-refractivity contribution in [2.75, 3.05) is 0 Å². The number of aromatic nitrogens is 2. The molecule has 2 nitrogen and oxygen atoms in total. The quantitative estimate of drug-likeness (QED) is 0.462. The Bertz CT molecular complexity index is 905. The van der Waals surface area contributed by atoms with E-state index in [0.29, 0.717) is 0 Å². The van der Waals surface area contributed by atoms with Gasteiger partial charge in [-0.2, -0.15) is 4.57 Å². The third-order valence-electron chi connectivity index (χ3n) is 3.91. The zero-order valence-corrected chi connectivity index (χ0v) is 11.3. The highest BCUT2D eigenvalue weighted by Gasteiger charge is 2.12. The van der Waals surface area contributed by atoms with E-state index in [1.807, 2.05) is 6.07 Å². The smallest absolute Gasteiger partial charge is 0.210 e. The van der Waals surface area contributed by atoms with Crippen LogP contribution in [0.4, 0.5) is 0 Å². The largest absolute Gasteiger partial charge is 0.339 e. The number of hydrogen-bond acceptors (Lipinski definition) is 0. The maximum Gasteiger partial charge on any atom is 0.210 e. The van der Waals surface area contributed by atoms with E-state index < -0.39 is 0 Å². The fraction of sp³-hybridized carbons (Fsp3) is 0.0556. The van der Waals surface area contributed by atoms with E-state index in [1.165, 1.54) is 27.5 Å². The minimum absolute atomic E-state index is 1.18. The minimum Gasteiger partial charge on any atom is -0.339 e. The van der Waals surface area contributed by atoms with Gasteiger partial charge in [0.1, 0.15) is 5.52 Å². The summed E-state index contributed by atoms with van der Waals surface area (Å²) in [6.45, 7) is 0. The molecule has 0 radical (unpaired) electrons. The molecule has 4 rings (SSSR count). The molecule has 0 fully saturated rings. The average Bonchev–Trinajstić information content (AvgIpc) is 2.81.